The molecule has 0 radical (unpaired) electrons. The predicted molar refractivity (Wildman–Crippen MR) is 100 cm³/mol. The third-order valence-electron chi connectivity index (χ3n) is 4.35. The Morgan fingerprint density at radius 3 is 2.60 bits per heavy atom. The monoisotopic (exact) mass is 424 g/mol. The van der Waals surface area contributed by atoms with Crippen LogP contribution < -0.4 is 0 Å². The number of pyridine rings is 1. The van der Waals surface area contributed by atoms with Gasteiger partial charge in [-0.3, -0.25) is 0 Å². The van der Waals surface area contributed by atoms with Gasteiger partial charge in [0.1, 0.15) is 5.56 Å². The van der Waals surface area contributed by atoms with Crippen LogP contribution in [-0.4, -0.2) is 48.3 Å². The number of esters is 1. The maximum atomic E-state index is 13.4. The largest absolute Gasteiger partial charge is 0.512 e. The number of rotatable bonds is 5. The molecule has 160 valence electrons. The number of hydrogen-bond acceptors (Lipinski definition) is 6. The molecular formula is C19H19F3N4O4. The average molecular weight is 424 g/mol. The summed E-state index contributed by atoms with van der Waals surface area (Å²) in [6.07, 6.45) is -2.00. The van der Waals surface area contributed by atoms with E-state index < -0.39 is 29.5 Å². The van der Waals surface area contributed by atoms with Crippen molar-refractivity contribution in [1.29, 1.82) is 0 Å². The van der Waals surface area contributed by atoms with E-state index in [1.54, 1.807) is 0 Å². The fourth-order valence-electron chi connectivity index (χ4n) is 3.12. The van der Waals surface area contributed by atoms with E-state index in [4.69, 9.17) is 4.74 Å². The lowest BCUT2D eigenvalue weighted by Crippen LogP contribution is -2.14. The fourth-order valence-corrected chi connectivity index (χ4v) is 3.12. The van der Waals surface area contributed by atoms with Crippen LogP contribution in [0.4, 0.5) is 13.2 Å². The van der Waals surface area contributed by atoms with Crippen molar-refractivity contribution in [2.24, 2.45) is 0 Å². The van der Waals surface area contributed by atoms with Crippen LogP contribution in [0, 0.1) is 0 Å². The molecular weight excluding hydrogens is 405 g/mol. The predicted octanol–water partition coefficient (Wildman–Crippen LogP) is 3.39. The Morgan fingerprint density at radius 2 is 2.03 bits per heavy atom. The number of hydrogen-bond donors (Lipinski definition) is 2. The number of carbonyl (C=O) groups is 1. The summed E-state index contributed by atoms with van der Waals surface area (Å²) in [7, 11) is 0. The smallest absolute Gasteiger partial charge is 0.436 e. The van der Waals surface area contributed by atoms with Crippen molar-refractivity contribution >= 4 is 17.1 Å². The van der Waals surface area contributed by atoms with Gasteiger partial charge in [-0.2, -0.15) is 23.4 Å². The molecule has 3 heterocycles. The first-order valence-corrected chi connectivity index (χ1v) is 8.94. The number of carbonyl (C=O) groups excluding carboxylic acids is 1. The lowest BCUT2D eigenvalue weighted by Gasteiger charge is -2.11. The SMILES string of the molecule is CCOC(=O)c1cn(-c2ccn3ncc(/C(=C(\C)O)C(C)O)c3c2)nc1C(F)(F)F. The molecule has 30 heavy (non-hydrogen) atoms. The zero-order valence-corrected chi connectivity index (χ0v) is 16.3. The van der Waals surface area contributed by atoms with Gasteiger partial charge in [-0.1, -0.05) is 0 Å². The quantitative estimate of drug-likeness (QED) is 0.481. The molecule has 11 heteroatoms. The van der Waals surface area contributed by atoms with Crippen LogP contribution >= 0.6 is 0 Å². The number of aliphatic hydroxyl groups is 2. The van der Waals surface area contributed by atoms with Crippen molar-refractivity contribution in [3.05, 3.63) is 53.3 Å². The third-order valence-corrected chi connectivity index (χ3v) is 4.35. The van der Waals surface area contributed by atoms with Gasteiger partial charge in [0, 0.05) is 23.5 Å². The van der Waals surface area contributed by atoms with Crippen LogP contribution in [0.2, 0.25) is 0 Å². The number of aromatic nitrogens is 4. The number of fused-ring (bicyclic) bond motifs is 1. The molecule has 0 aromatic carbocycles. The molecule has 3 aromatic rings. The van der Waals surface area contributed by atoms with E-state index in [-0.39, 0.29) is 23.6 Å². The van der Waals surface area contributed by atoms with Gasteiger partial charge in [0.25, 0.3) is 0 Å². The molecule has 0 aliphatic carbocycles. The number of alkyl halides is 3. The van der Waals surface area contributed by atoms with E-state index >= 15 is 0 Å². The van der Waals surface area contributed by atoms with Crippen LogP contribution in [0.1, 0.15) is 42.4 Å². The Bertz CT molecular complexity index is 1120. The summed E-state index contributed by atoms with van der Waals surface area (Å²) in [4.78, 5) is 12.0. The first-order chi connectivity index (χ1) is 14.0. The summed E-state index contributed by atoms with van der Waals surface area (Å²) in [6, 6.07) is 2.94. The molecule has 2 N–H and O–H groups in total. The minimum absolute atomic E-state index is 0.0819. The molecule has 0 aliphatic rings. The van der Waals surface area contributed by atoms with E-state index in [1.807, 2.05) is 0 Å². The Hall–Kier alpha value is -3.34. The van der Waals surface area contributed by atoms with Crippen LogP contribution in [0.3, 0.4) is 0 Å². The summed E-state index contributed by atoms with van der Waals surface area (Å²) in [6.45, 7) is 4.28. The van der Waals surface area contributed by atoms with Gasteiger partial charge >= 0.3 is 12.1 Å². The molecule has 0 saturated heterocycles. The van der Waals surface area contributed by atoms with Crippen LogP contribution in [-0.2, 0) is 10.9 Å². The first kappa shape index (κ1) is 21.4. The van der Waals surface area contributed by atoms with Crippen molar-refractivity contribution in [3.63, 3.8) is 0 Å². The molecule has 1 atom stereocenters. The zero-order valence-electron chi connectivity index (χ0n) is 16.3. The summed E-state index contributed by atoms with van der Waals surface area (Å²) in [5.41, 5.74) is -0.796. The van der Waals surface area contributed by atoms with Gasteiger partial charge < -0.3 is 14.9 Å². The minimum Gasteiger partial charge on any atom is -0.512 e. The van der Waals surface area contributed by atoms with Crippen molar-refractivity contribution in [1.82, 2.24) is 19.4 Å². The first-order valence-electron chi connectivity index (χ1n) is 8.94. The Balaban J connectivity index is 2.17. The van der Waals surface area contributed by atoms with E-state index in [1.165, 1.54) is 49.8 Å². The Morgan fingerprint density at radius 1 is 1.33 bits per heavy atom. The summed E-state index contributed by atoms with van der Waals surface area (Å²) < 4.78 is 47.2. The van der Waals surface area contributed by atoms with E-state index in [0.717, 1.165) is 10.9 Å². The van der Waals surface area contributed by atoms with Crippen molar-refractivity contribution in [3.8, 4) is 5.69 Å². The zero-order chi connectivity index (χ0) is 22.2. The second-order valence-electron chi connectivity index (χ2n) is 6.50. The molecule has 8 nitrogen and oxygen atoms in total. The molecule has 1 unspecified atom stereocenters. The number of nitrogens with zero attached hydrogens (tertiary/aromatic N) is 4. The van der Waals surface area contributed by atoms with Gasteiger partial charge in [-0.15, -0.1) is 0 Å². The van der Waals surface area contributed by atoms with Gasteiger partial charge in [0.2, 0.25) is 0 Å². The molecule has 0 saturated carbocycles. The molecule has 3 rings (SSSR count). The number of aliphatic hydroxyl groups excluding tert-OH is 2. The van der Waals surface area contributed by atoms with E-state index in [9.17, 15) is 28.2 Å². The summed E-state index contributed by atoms with van der Waals surface area (Å²) in [5.74, 6) is -1.24. The number of halogens is 3. The Kier molecular flexibility index (Phi) is 5.57. The maximum absolute atomic E-state index is 13.4. The Labute approximate surface area is 168 Å². The molecule has 0 fully saturated rings. The lowest BCUT2D eigenvalue weighted by molar-refractivity contribution is -0.141. The molecule has 3 aromatic heterocycles. The standard InChI is InChI=1S/C19H19F3N4O4/c1-4-30-18(29)14-9-26(24-17(14)19(20,21)22)12-5-6-25-15(7-12)13(8-23-25)16(10(2)27)11(3)28/h5-10,27-28H,4H2,1-3H3/b16-11+. The average Bonchev–Trinajstić information content (AvgIpc) is 3.26. The molecule has 0 bridgehead atoms. The van der Waals surface area contributed by atoms with Gasteiger partial charge in [0.15, 0.2) is 5.69 Å². The van der Waals surface area contributed by atoms with Gasteiger partial charge in [-0.25, -0.2) is 14.0 Å². The lowest BCUT2D eigenvalue weighted by atomic mass is 10.0. The maximum Gasteiger partial charge on any atom is 0.436 e. The van der Waals surface area contributed by atoms with Gasteiger partial charge in [-0.05, 0) is 32.9 Å². The topological polar surface area (TPSA) is 102 Å². The molecule has 0 spiro atoms. The third kappa shape index (κ3) is 3.88. The van der Waals surface area contributed by atoms with Crippen molar-refractivity contribution < 1.29 is 32.9 Å². The summed E-state index contributed by atoms with van der Waals surface area (Å²) >= 11 is 0. The molecule has 0 aliphatic heterocycles. The van der Waals surface area contributed by atoms with Crippen LogP contribution in [0.25, 0.3) is 16.8 Å². The molecule has 0 amide bonds. The number of ether oxygens (including phenoxy) is 1. The van der Waals surface area contributed by atoms with Crippen molar-refractivity contribution in [2.75, 3.05) is 6.61 Å². The number of allylic oxidation sites excluding steroid dienone is 1. The van der Waals surface area contributed by atoms with E-state index in [2.05, 4.69) is 10.2 Å². The highest BCUT2D eigenvalue weighted by molar-refractivity contribution is 5.90. The van der Waals surface area contributed by atoms with Crippen LogP contribution in [0.15, 0.2) is 36.5 Å². The second kappa shape index (κ2) is 7.82. The fraction of sp³-hybridized carbons (Fsp3) is 0.316. The van der Waals surface area contributed by atoms with Gasteiger partial charge in [0.05, 0.1) is 35.9 Å². The highest BCUT2D eigenvalue weighted by Gasteiger charge is 2.40. The minimum atomic E-state index is -4.85. The van der Waals surface area contributed by atoms with E-state index in [0.29, 0.717) is 11.1 Å². The van der Waals surface area contributed by atoms with Crippen LogP contribution in [0.5, 0.6) is 0 Å². The highest BCUT2D eigenvalue weighted by atomic mass is 19.4. The highest BCUT2D eigenvalue weighted by Crippen LogP contribution is 2.32. The second-order valence-corrected chi connectivity index (χ2v) is 6.50. The summed E-state index contributed by atoms with van der Waals surface area (Å²) in [5, 5.41) is 27.6. The van der Waals surface area contributed by atoms with Crippen molar-refractivity contribution in [2.45, 2.75) is 33.1 Å². The normalized spacial score (nSPS) is 14.0.